The average molecular weight is 545 g/mol. The number of nitrogen functional groups attached to an aromatic ring is 2. The molecule has 0 bridgehead atoms. The number of aliphatic hydroxyl groups excluding tert-OH is 2. The van der Waals surface area contributed by atoms with Crippen LogP contribution < -0.4 is 11.5 Å². The predicted octanol–water partition coefficient (Wildman–Crippen LogP) is -2.43. The van der Waals surface area contributed by atoms with Gasteiger partial charge in [0, 0.05) is 29.6 Å². The van der Waals surface area contributed by atoms with Gasteiger partial charge in [0.1, 0.15) is 24.6 Å². The second kappa shape index (κ2) is 10.2. The van der Waals surface area contributed by atoms with Gasteiger partial charge >= 0.3 is 23.5 Å². The molecule has 2 aromatic heterocycles. The summed E-state index contributed by atoms with van der Waals surface area (Å²) in [5.74, 6) is -0.255. The number of nitrogens with zero attached hydrogens (tertiary/aromatic N) is 4. The Hall–Kier alpha value is -0.560. The summed E-state index contributed by atoms with van der Waals surface area (Å²) in [7, 11) is -16.8. The Morgan fingerprint density at radius 3 is 2.27 bits per heavy atom. The van der Waals surface area contributed by atoms with Gasteiger partial charge in [-0.05, 0) is 0 Å². The molecule has 0 aliphatic carbocycles. The van der Waals surface area contributed by atoms with E-state index >= 15 is 0 Å². The Morgan fingerprint density at radius 1 is 1.03 bits per heavy atom. The van der Waals surface area contributed by atoms with E-state index in [1.807, 2.05) is 0 Å². The number of aromatic nitrogens is 4. The van der Waals surface area contributed by atoms with E-state index in [0.717, 1.165) is 10.9 Å². The fourth-order valence-corrected chi connectivity index (χ4v) is 5.77. The number of ether oxygens (including phenoxy) is 1. The van der Waals surface area contributed by atoms with Crippen molar-refractivity contribution in [2.24, 2.45) is 0 Å². The van der Waals surface area contributed by atoms with E-state index in [0.29, 0.717) is 0 Å². The van der Waals surface area contributed by atoms with Gasteiger partial charge < -0.3 is 46.0 Å². The SMILES string of the molecule is Nc1ncnc2c1nc(N)n2[C@@H]1O[C@H](COP(=O)(O)OP(=O)(O)OP(=O)(O)O)[C@@H](O)[C@H]1O.[Na]. The summed E-state index contributed by atoms with van der Waals surface area (Å²) in [6, 6.07) is 0. The Bertz CT molecular complexity index is 1160. The first kappa shape index (κ1) is 28.7. The van der Waals surface area contributed by atoms with E-state index < -0.39 is 54.6 Å². The van der Waals surface area contributed by atoms with Crippen LogP contribution in [0.5, 0.6) is 0 Å². The van der Waals surface area contributed by atoms with Crippen LogP contribution in [-0.4, -0.2) is 104 Å². The number of phosphoric acid groups is 3. The number of hydrogen-bond acceptors (Lipinski definition) is 14. The molecule has 0 saturated carbocycles. The fraction of sp³-hybridized carbons (Fsp3) is 0.500. The number of imidazole rings is 1. The topological polar surface area (TPSA) is 305 Å². The van der Waals surface area contributed by atoms with Crippen LogP contribution in [0.25, 0.3) is 11.2 Å². The average Bonchev–Trinajstić information content (AvgIpc) is 3.08. The first-order chi connectivity index (χ1) is 14.6. The number of hydrogen-bond donors (Lipinski definition) is 8. The third-order valence-corrected chi connectivity index (χ3v) is 7.74. The van der Waals surface area contributed by atoms with Crippen molar-refractivity contribution in [1.82, 2.24) is 19.5 Å². The van der Waals surface area contributed by atoms with Crippen LogP contribution in [0.1, 0.15) is 6.23 Å². The predicted molar refractivity (Wildman–Crippen MR) is 106 cm³/mol. The summed E-state index contributed by atoms with van der Waals surface area (Å²) >= 11 is 0. The van der Waals surface area contributed by atoms with Gasteiger partial charge in [0.2, 0.25) is 5.95 Å². The maximum atomic E-state index is 11.8. The van der Waals surface area contributed by atoms with Gasteiger partial charge in [-0.3, -0.25) is 9.09 Å². The summed E-state index contributed by atoms with van der Waals surface area (Å²) in [5, 5.41) is 20.5. The molecule has 3 rings (SSSR count). The molecule has 0 spiro atoms. The van der Waals surface area contributed by atoms with Gasteiger partial charge in [-0.25, -0.2) is 28.6 Å². The van der Waals surface area contributed by atoms with Crippen LogP contribution in [0.2, 0.25) is 0 Å². The van der Waals surface area contributed by atoms with Crippen LogP contribution >= 0.6 is 23.5 Å². The molecule has 10 N–H and O–H groups in total. The molecule has 0 amide bonds. The number of anilines is 2. The number of fused-ring (bicyclic) bond motifs is 1. The molecule has 23 heteroatoms. The first-order valence-corrected chi connectivity index (χ1v) is 12.7. The standard InChI is InChI=1S/C10H17N6O13P3.Na/c11-7-4-8(14-2-13-7)16(10(12)15-4)9-6(18)5(17)3(27-9)1-26-31(22,23)29-32(24,25)28-30(19,20)21;/h2-3,5-6,9,17-18H,1H2,(H2,12,15)(H,22,23)(H,24,25)(H2,11,13,14)(H2,19,20,21);/t3-,5-,6-,9-;/m1./s1. The van der Waals surface area contributed by atoms with Crippen LogP contribution in [0.3, 0.4) is 0 Å². The molecule has 19 nitrogen and oxygen atoms in total. The van der Waals surface area contributed by atoms with Crippen molar-refractivity contribution in [2.75, 3.05) is 18.1 Å². The summed E-state index contributed by atoms with van der Waals surface area (Å²) in [6.45, 7) is -0.998. The van der Waals surface area contributed by atoms with Crippen molar-refractivity contribution in [3.8, 4) is 0 Å². The monoisotopic (exact) mass is 545 g/mol. The third-order valence-electron chi connectivity index (χ3n) is 3.94. The van der Waals surface area contributed by atoms with Crippen LogP contribution in [-0.2, 0) is 31.6 Å². The molecule has 1 radical (unpaired) electrons. The molecule has 2 unspecified atom stereocenters. The minimum atomic E-state index is -5.72. The van der Waals surface area contributed by atoms with Crippen molar-refractivity contribution in [1.29, 1.82) is 0 Å². The van der Waals surface area contributed by atoms with E-state index in [-0.39, 0.29) is 52.5 Å². The molecule has 3 heterocycles. The van der Waals surface area contributed by atoms with Gasteiger partial charge in [0.25, 0.3) is 0 Å². The van der Waals surface area contributed by atoms with Gasteiger partial charge in [-0.15, -0.1) is 0 Å². The summed E-state index contributed by atoms with van der Waals surface area (Å²) in [6.07, 6.45) is -5.27. The van der Waals surface area contributed by atoms with Gasteiger partial charge in [-0.2, -0.15) is 8.62 Å². The maximum Gasteiger partial charge on any atom is 0.490 e. The molecule has 1 fully saturated rings. The van der Waals surface area contributed by atoms with E-state index in [1.54, 1.807) is 0 Å². The largest absolute Gasteiger partial charge is 0.490 e. The summed E-state index contributed by atoms with van der Waals surface area (Å²) in [5.41, 5.74) is 11.6. The normalized spacial score (nSPS) is 27.1. The molecule has 181 valence electrons. The Balaban J connectivity index is 0.00000385. The third kappa shape index (κ3) is 6.77. The second-order valence-electron chi connectivity index (χ2n) is 6.20. The van der Waals surface area contributed by atoms with Crippen molar-refractivity contribution >= 4 is 76.0 Å². The number of rotatable bonds is 8. The Labute approximate surface area is 205 Å². The molecule has 1 aliphatic heterocycles. The second-order valence-corrected chi connectivity index (χ2v) is 10.6. The summed E-state index contributed by atoms with van der Waals surface area (Å²) < 4.78 is 51.8. The van der Waals surface area contributed by atoms with Gasteiger partial charge in [-0.1, -0.05) is 0 Å². The van der Waals surface area contributed by atoms with Crippen molar-refractivity contribution in [3.63, 3.8) is 0 Å². The smallest absolute Gasteiger partial charge is 0.387 e. The molecular weight excluding hydrogens is 528 g/mol. The fourth-order valence-electron chi connectivity index (χ4n) is 2.75. The molecule has 2 aromatic rings. The maximum absolute atomic E-state index is 11.8. The quantitative estimate of drug-likeness (QED) is 0.126. The zero-order valence-corrected chi connectivity index (χ0v) is 21.1. The van der Waals surface area contributed by atoms with E-state index in [1.165, 1.54) is 0 Å². The van der Waals surface area contributed by atoms with Crippen LogP contribution in [0.15, 0.2) is 6.33 Å². The zero-order valence-electron chi connectivity index (χ0n) is 16.4. The number of phosphoric ester groups is 1. The molecule has 6 atom stereocenters. The van der Waals surface area contributed by atoms with Gasteiger partial charge in [0.15, 0.2) is 23.2 Å². The number of nitrogens with two attached hydrogens (primary N) is 2. The van der Waals surface area contributed by atoms with Crippen molar-refractivity contribution in [3.05, 3.63) is 6.33 Å². The molecule has 1 aliphatic rings. The van der Waals surface area contributed by atoms with Crippen LogP contribution in [0.4, 0.5) is 11.8 Å². The van der Waals surface area contributed by atoms with E-state index in [9.17, 15) is 28.8 Å². The number of aliphatic hydroxyl groups is 2. The molecule has 1 saturated heterocycles. The van der Waals surface area contributed by atoms with E-state index in [2.05, 4.69) is 28.1 Å². The summed E-state index contributed by atoms with van der Waals surface area (Å²) in [4.78, 5) is 47.2. The molecular formula is C10H17N6NaO13P3. The first-order valence-electron chi connectivity index (χ1n) is 8.14. The van der Waals surface area contributed by atoms with Crippen LogP contribution in [0, 0.1) is 0 Å². The Morgan fingerprint density at radius 2 is 1.67 bits per heavy atom. The zero-order chi connectivity index (χ0) is 24.1. The Kier molecular flexibility index (Phi) is 8.86. The minimum Gasteiger partial charge on any atom is -0.387 e. The molecule has 0 aromatic carbocycles. The van der Waals surface area contributed by atoms with E-state index in [4.69, 9.17) is 30.9 Å². The molecule has 33 heavy (non-hydrogen) atoms. The van der Waals surface area contributed by atoms with Crippen molar-refractivity contribution in [2.45, 2.75) is 24.5 Å². The van der Waals surface area contributed by atoms with Crippen molar-refractivity contribution < 1.29 is 61.4 Å². The minimum absolute atomic E-state index is 0. The van der Waals surface area contributed by atoms with Gasteiger partial charge in [0.05, 0.1) is 6.61 Å².